The van der Waals surface area contributed by atoms with Crippen molar-refractivity contribution in [2.75, 3.05) is 25.1 Å². The van der Waals surface area contributed by atoms with Crippen LogP contribution >= 0.6 is 0 Å². The van der Waals surface area contributed by atoms with Gasteiger partial charge in [0.1, 0.15) is 5.82 Å². The highest BCUT2D eigenvalue weighted by atomic mass is 16.5. The Bertz CT molecular complexity index is 687. The van der Waals surface area contributed by atoms with Crippen molar-refractivity contribution in [2.45, 2.75) is 18.4 Å². The van der Waals surface area contributed by atoms with E-state index in [1.807, 2.05) is 24.3 Å². The molecule has 0 spiro atoms. The highest BCUT2D eigenvalue weighted by Gasteiger charge is 2.29. The summed E-state index contributed by atoms with van der Waals surface area (Å²) in [5.74, 6) is 0.616. The van der Waals surface area contributed by atoms with Gasteiger partial charge in [-0.05, 0) is 12.1 Å². The molecule has 0 unspecified atom stereocenters. The van der Waals surface area contributed by atoms with E-state index in [1.54, 1.807) is 6.07 Å². The first-order valence-corrected chi connectivity index (χ1v) is 7.04. The molecule has 1 fully saturated rings. The van der Waals surface area contributed by atoms with Gasteiger partial charge >= 0.3 is 0 Å². The number of nitrogens with zero attached hydrogens (tertiary/aromatic N) is 2. The number of hydrogen-bond acceptors (Lipinski definition) is 5. The van der Waals surface area contributed by atoms with Crippen LogP contribution in [0, 0.1) is 11.3 Å². The van der Waals surface area contributed by atoms with Gasteiger partial charge in [0.15, 0.2) is 0 Å². The molecule has 2 N–H and O–H groups in total. The zero-order valence-corrected chi connectivity index (χ0v) is 11.7. The summed E-state index contributed by atoms with van der Waals surface area (Å²) in [6, 6.07) is 11.5. The third kappa shape index (κ3) is 2.97. The number of nitrogens with one attached hydrogen (secondary N) is 1. The molecule has 21 heavy (non-hydrogen) atoms. The number of fused-ring (bicyclic) bond motifs is 1. The molecule has 0 radical (unpaired) electrons. The second-order valence-electron chi connectivity index (χ2n) is 5.37. The van der Waals surface area contributed by atoms with Crippen LogP contribution in [0.25, 0.3) is 10.9 Å². The van der Waals surface area contributed by atoms with E-state index in [0.717, 1.165) is 10.9 Å². The predicted octanol–water partition coefficient (Wildman–Crippen LogP) is 2.06. The first-order valence-electron chi connectivity index (χ1n) is 7.04. The van der Waals surface area contributed by atoms with Crippen molar-refractivity contribution in [1.82, 2.24) is 4.98 Å². The van der Waals surface area contributed by atoms with Crippen LogP contribution in [0.4, 0.5) is 5.82 Å². The van der Waals surface area contributed by atoms with Crippen molar-refractivity contribution >= 4 is 16.7 Å². The Morgan fingerprint density at radius 1 is 1.33 bits per heavy atom. The lowest BCUT2D eigenvalue weighted by molar-refractivity contribution is -0.0543. The SMILES string of the molecule is N#Cc1cc(NCC2(O)CCOCC2)nc2ccccc12. The Morgan fingerprint density at radius 3 is 2.86 bits per heavy atom. The summed E-state index contributed by atoms with van der Waals surface area (Å²) in [4.78, 5) is 4.49. The van der Waals surface area contributed by atoms with Crippen LogP contribution in [0.15, 0.2) is 30.3 Å². The molecule has 5 heteroatoms. The molecule has 1 aliphatic heterocycles. The molecule has 0 amide bonds. The highest BCUT2D eigenvalue weighted by molar-refractivity contribution is 5.86. The Balaban J connectivity index is 1.82. The van der Waals surface area contributed by atoms with Crippen molar-refractivity contribution in [3.05, 3.63) is 35.9 Å². The molecular weight excluding hydrogens is 266 g/mol. The van der Waals surface area contributed by atoms with Gasteiger partial charge in [0.25, 0.3) is 0 Å². The van der Waals surface area contributed by atoms with E-state index in [2.05, 4.69) is 16.4 Å². The van der Waals surface area contributed by atoms with Crippen molar-refractivity contribution in [3.8, 4) is 6.07 Å². The number of hydrogen-bond donors (Lipinski definition) is 2. The fraction of sp³-hybridized carbons (Fsp3) is 0.375. The number of para-hydroxylation sites is 1. The molecule has 2 aromatic rings. The van der Waals surface area contributed by atoms with Crippen molar-refractivity contribution in [2.24, 2.45) is 0 Å². The second-order valence-corrected chi connectivity index (χ2v) is 5.37. The van der Waals surface area contributed by atoms with Crippen LogP contribution in [0.1, 0.15) is 18.4 Å². The van der Waals surface area contributed by atoms with Crippen LogP contribution in [-0.2, 0) is 4.74 Å². The summed E-state index contributed by atoms with van der Waals surface area (Å²) in [5, 5.41) is 23.7. The van der Waals surface area contributed by atoms with E-state index < -0.39 is 5.60 Å². The first-order chi connectivity index (χ1) is 10.2. The maximum absolute atomic E-state index is 10.4. The van der Waals surface area contributed by atoms with Gasteiger partial charge in [0.2, 0.25) is 0 Å². The predicted molar refractivity (Wildman–Crippen MR) is 80.0 cm³/mol. The third-order valence-corrected chi connectivity index (χ3v) is 3.86. The molecule has 0 aliphatic carbocycles. The summed E-state index contributed by atoms with van der Waals surface area (Å²) in [7, 11) is 0. The summed E-state index contributed by atoms with van der Waals surface area (Å²) in [6.07, 6.45) is 1.22. The molecule has 1 aromatic heterocycles. The van der Waals surface area contributed by atoms with Gasteiger partial charge in [-0.2, -0.15) is 5.26 Å². The van der Waals surface area contributed by atoms with Gasteiger partial charge in [-0.1, -0.05) is 18.2 Å². The molecule has 108 valence electrons. The van der Waals surface area contributed by atoms with Crippen LogP contribution < -0.4 is 5.32 Å². The largest absolute Gasteiger partial charge is 0.388 e. The van der Waals surface area contributed by atoms with E-state index in [4.69, 9.17) is 4.74 Å². The number of aromatic nitrogens is 1. The zero-order valence-electron chi connectivity index (χ0n) is 11.7. The van der Waals surface area contributed by atoms with Crippen LogP contribution in [-0.4, -0.2) is 35.5 Å². The van der Waals surface area contributed by atoms with Crippen molar-refractivity contribution in [1.29, 1.82) is 5.26 Å². The fourth-order valence-electron chi connectivity index (χ4n) is 2.54. The van der Waals surface area contributed by atoms with Gasteiger partial charge in [-0.25, -0.2) is 4.98 Å². The summed E-state index contributed by atoms with van der Waals surface area (Å²) >= 11 is 0. The van der Waals surface area contributed by atoms with Crippen molar-refractivity contribution in [3.63, 3.8) is 0 Å². The van der Waals surface area contributed by atoms with E-state index >= 15 is 0 Å². The molecule has 2 heterocycles. The Labute approximate surface area is 123 Å². The topological polar surface area (TPSA) is 78.2 Å². The Morgan fingerprint density at radius 2 is 2.10 bits per heavy atom. The smallest absolute Gasteiger partial charge is 0.128 e. The summed E-state index contributed by atoms with van der Waals surface area (Å²) in [5.41, 5.74) is 0.596. The van der Waals surface area contributed by atoms with Crippen molar-refractivity contribution < 1.29 is 9.84 Å². The number of rotatable bonds is 3. The molecule has 1 saturated heterocycles. The normalized spacial score (nSPS) is 17.3. The Kier molecular flexibility index (Phi) is 3.74. The average molecular weight is 283 g/mol. The second kappa shape index (κ2) is 5.68. The minimum Gasteiger partial charge on any atom is -0.388 e. The fourth-order valence-corrected chi connectivity index (χ4v) is 2.54. The maximum atomic E-state index is 10.4. The summed E-state index contributed by atoms with van der Waals surface area (Å²) in [6.45, 7) is 1.56. The highest BCUT2D eigenvalue weighted by Crippen LogP contribution is 2.23. The monoisotopic (exact) mass is 283 g/mol. The molecule has 0 atom stereocenters. The average Bonchev–Trinajstić information content (AvgIpc) is 2.53. The van der Waals surface area contributed by atoms with E-state index in [0.29, 0.717) is 44.0 Å². The molecule has 1 aliphatic rings. The number of aliphatic hydroxyl groups is 1. The lowest BCUT2D eigenvalue weighted by Crippen LogP contribution is -2.42. The molecule has 5 nitrogen and oxygen atoms in total. The molecular formula is C16H17N3O2. The molecule has 0 bridgehead atoms. The molecule has 1 aromatic carbocycles. The number of anilines is 1. The number of nitriles is 1. The van der Waals surface area contributed by atoms with Gasteiger partial charge in [-0.15, -0.1) is 0 Å². The van der Waals surface area contributed by atoms with E-state index in [1.165, 1.54) is 0 Å². The molecule has 3 rings (SSSR count). The first kappa shape index (κ1) is 13.8. The van der Waals surface area contributed by atoms with E-state index in [-0.39, 0.29) is 0 Å². The molecule has 0 saturated carbocycles. The summed E-state index contributed by atoms with van der Waals surface area (Å²) < 4.78 is 5.26. The zero-order chi connectivity index (χ0) is 14.7. The number of pyridine rings is 1. The van der Waals surface area contributed by atoms with Crippen LogP contribution in [0.5, 0.6) is 0 Å². The third-order valence-electron chi connectivity index (χ3n) is 3.86. The van der Waals surface area contributed by atoms with Gasteiger partial charge < -0.3 is 15.2 Å². The lowest BCUT2D eigenvalue weighted by Gasteiger charge is -2.32. The van der Waals surface area contributed by atoms with Gasteiger partial charge in [0, 0.05) is 38.0 Å². The van der Waals surface area contributed by atoms with Gasteiger partial charge in [-0.3, -0.25) is 0 Å². The van der Waals surface area contributed by atoms with Gasteiger partial charge in [0.05, 0.1) is 22.8 Å². The number of ether oxygens (including phenoxy) is 1. The van der Waals surface area contributed by atoms with E-state index in [9.17, 15) is 10.4 Å². The van der Waals surface area contributed by atoms with Crippen LogP contribution in [0.2, 0.25) is 0 Å². The lowest BCUT2D eigenvalue weighted by atomic mass is 9.94. The number of benzene rings is 1. The standard InChI is InChI=1S/C16H17N3O2/c17-10-12-9-15(19-14-4-2-1-3-13(12)14)18-11-16(20)5-7-21-8-6-16/h1-4,9,20H,5-8,11H2,(H,18,19). The maximum Gasteiger partial charge on any atom is 0.128 e. The minimum atomic E-state index is -0.765. The minimum absolute atomic E-state index is 0.409. The quantitative estimate of drug-likeness (QED) is 0.901. The van der Waals surface area contributed by atoms with Crippen LogP contribution in [0.3, 0.4) is 0 Å². The Hall–Kier alpha value is -2.16.